The number of ether oxygens (including phenoxy) is 1. The van der Waals surface area contributed by atoms with Crippen LogP contribution in [0.5, 0.6) is 0 Å². The zero-order valence-corrected chi connectivity index (χ0v) is 12.8. The number of nitro benzene ring substituents is 1. The molecule has 0 atom stereocenters. The number of hydrogen-bond donors (Lipinski definition) is 0. The fourth-order valence-electron chi connectivity index (χ4n) is 1.78. The van der Waals surface area contributed by atoms with Crippen molar-refractivity contribution in [3.05, 3.63) is 33.6 Å². The number of methoxy groups -OCH3 is 1. The lowest BCUT2D eigenvalue weighted by Gasteiger charge is -2.18. The van der Waals surface area contributed by atoms with Crippen LogP contribution in [0.1, 0.15) is 12.0 Å². The lowest BCUT2D eigenvalue weighted by molar-refractivity contribution is -0.387. The van der Waals surface area contributed by atoms with Gasteiger partial charge in [0.05, 0.1) is 9.82 Å². The van der Waals surface area contributed by atoms with Crippen molar-refractivity contribution in [2.75, 3.05) is 27.3 Å². The second-order valence-electron chi connectivity index (χ2n) is 4.50. The van der Waals surface area contributed by atoms with E-state index >= 15 is 0 Å². The maximum atomic E-state index is 13.5. The van der Waals surface area contributed by atoms with Crippen LogP contribution >= 0.6 is 0 Å². The Kier molecular flexibility index (Phi) is 5.76. The summed E-state index contributed by atoms with van der Waals surface area (Å²) in [4.78, 5) is 9.52. The number of hydrogen-bond acceptors (Lipinski definition) is 5. The van der Waals surface area contributed by atoms with E-state index in [1.165, 1.54) is 21.1 Å². The predicted molar refractivity (Wildman–Crippen MR) is 74.1 cm³/mol. The number of sulfonamides is 1. The Morgan fingerprint density at radius 2 is 2.05 bits per heavy atom. The van der Waals surface area contributed by atoms with Gasteiger partial charge >= 0.3 is 5.69 Å². The third-order valence-corrected chi connectivity index (χ3v) is 4.95. The first-order valence-corrected chi connectivity index (χ1v) is 7.55. The van der Waals surface area contributed by atoms with Gasteiger partial charge < -0.3 is 4.74 Å². The molecular weight excluding hydrogens is 303 g/mol. The Morgan fingerprint density at radius 3 is 2.57 bits per heavy atom. The van der Waals surface area contributed by atoms with E-state index in [-0.39, 0.29) is 17.0 Å². The fraction of sp³-hybridized carbons (Fsp3) is 0.500. The van der Waals surface area contributed by atoms with Crippen LogP contribution in [-0.4, -0.2) is 45.0 Å². The molecule has 0 saturated carbocycles. The molecular formula is C12H17FN2O5S. The minimum absolute atomic E-state index is 0.122. The van der Waals surface area contributed by atoms with E-state index in [4.69, 9.17) is 4.74 Å². The number of rotatable bonds is 7. The molecule has 0 spiro atoms. The van der Waals surface area contributed by atoms with Gasteiger partial charge in [-0.3, -0.25) is 10.1 Å². The van der Waals surface area contributed by atoms with Gasteiger partial charge in [-0.1, -0.05) is 0 Å². The molecule has 0 bridgehead atoms. The lowest BCUT2D eigenvalue weighted by atomic mass is 10.2. The standard InChI is InChI=1S/C12H17FN2O5S/c1-9-7-10(13)11(15(16)17)8-12(9)21(18,19)14(2)5-4-6-20-3/h7-8H,4-6H2,1-3H3. The Balaban J connectivity index is 3.19. The number of benzene rings is 1. The molecule has 9 heteroatoms. The predicted octanol–water partition coefficient (Wildman–Crippen LogP) is 1.70. The summed E-state index contributed by atoms with van der Waals surface area (Å²) in [5.74, 6) is -1.06. The molecule has 7 nitrogen and oxygen atoms in total. The third kappa shape index (κ3) is 3.96. The highest BCUT2D eigenvalue weighted by molar-refractivity contribution is 7.89. The Labute approximate surface area is 122 Å². The van der Waals surface area contributed by atoms with Gasteiger partial charge in [-0.05, 0) is 25.0 Å². The SMILES string of the molecule is COCCCN(C)S(=O)(=O)c1cc([N+](=O)[O-])c(F)cc1C. The minimum atomic E-state index is -3.92. The van der Waals surface area contributed by atoms with Crippen molar-refractivity contribution < 1.29 is 22.5 Å². The van der Waals surface area contributed by atoms with Gasteiger partial charge in [0.1, 0.15) is 0 Å². The van der Waals surface area contributed by atoms with Crippen molar-refractivity contribution in [1.29, 1.82) is 0 Å². The summed E-state index contributed by atoms with van der Waals surface area (Å²) >= 11 is 0. The van der Waals surface area contributed by atoms with Gasteiger partial charge in [0.15, 0.2) is 0 Å². The lowest BCUT2D eigenvalue weighted by Crippen LogP contribution is -2.29. The zero-order chi connectivity index (χ0) is 16.2. The van der Waals surface area contributed by atoms with Gasteiger partial charge in [-0.15, -0.1) is 0 Å². The largest absolute Gasteiger partial charge is 0.385 e. The van der Waals surface area contributed by atoms with E-state index in [1.807, 2.05) is 0 Å². The highest BCUT2D eigenvalue weighted by Crippen LogP contribution is 2.27. The average Bonchev–Trinajstić information content (AvgIpc) is 2.37. The van der Waals surface area contributed by atoms with Crippen molar-refractivity contribution >= 4 is 15.7 Å². The van der Waals surface area contributed by atoms with Crippen molar-refractivity contribution in [1.82, 2.24) is 4.31 Å². The van der Waals surface area contributed by atoms with Gasteiger partial charge in [0.25, 0.3) is 0 Å². The Morgan fingerprint density at radius 1 is 1.43 bits per heavy atom. The zero-order valence-electron chi connectivity index (χ0n) is 12.0. The van der Waals surface area contributed by atoms with E-state index in [2.05, 4.69) is 0 Å². The topological polar surface area (TPSA) is 89.8 Å². The smallest absolute Gasteiger partial charge is 0.306 e. The summed E-state index contributed by atoms with van der Waals surface area (Å²) in [7, 11) is -1.05. The molecule has 0 heterocycles. The Bertz CT molecular complexity index is 633. The summed E-state index contributed by atoms with van der Waals surface area (Å²) in [6.07, 6.45) is 0.481. The molecule has 0 saturated heterocycles. The van der Waals surface area contributed by atoms with Crippen LogP contribution in [0, 0.1) is 22.9 Å². The molecule has 0 aromatic heterocycles. The van der Waals surface area contributed by atoms with Crippen LogP contribution in [0.4, 0.5) is 10.1 Å². The molecule has 118 valence electrons. The molecule has 0 N–H and O–H groups in total. The highest BCUT2D eigenvalue weighted by atomic mass is 32.2. The summed E-state index contributed by atoms with van der Waals surface area (Å²) in [6.45, 7) is 1.98. The molecule has 21 heavy (non-hydrogen) atoms. The first-order valence-electron chi connectivity index (χ1n) is 6.11. The van der Waals surface area contributed by atoms with Crippen LogP contribution in [0.2, 0.25) is 0 Å². The second kappa shape index (κ2) is 6.92. The van der Waals surface area contributed by atoms with Gasteiger partial charge in [-0.25, -0.2) is 12.7 Å². The average molecular weight is 320 g/mol. The molecule has 1 rings (SSSR count). The van der Waals surface area contributed by atoms with Crippen molar-refractivity contribution in [2.45, 2.75) is 18.2 Å². The summed E-state index contributed by atoms with van der Waals surface area (Å²) < 4.78 is 44.1. The van der Waals surface area contributed by atoms with Gasteiger partial charge in [0, 0.05) is 33.4 Å². The first kappa shape index (κ1) is 17.5. The first-order chi connectivity index (χ1) is 9.71. The fourth-order valence-corrected chi connectivity index (χ4v) is 3.21. The minimum Gasteiger partial charge on any atom is -0.385 e. The Hall–Kier alpha value is -1.58. The van der Waals surface area contributed by atoms with E-state index in [0.29, 0.717) is 13.0 Å². The van der Waals surface area contributed by atoms with E-state index in [1.54, 1.807) is 0 Å². The molecule has 0 radical (unpaired) electrons. The monoisotopic (exact) mass is 320 g/mol. The molecule has 1 aromatic rings. The summed E-state index contributed by atoms with van der Waals surface area (Å²) in [6, 6.07) is 1.61. The molecule has 0 aliphatic heterocycles. The van der Waals surface area contributed by atoms with E-state index < -0.39 is 26.5 Å². The van der Waals surface area contributed by atoms with Crippen LogP contribution < -0.4 is 0 Å². The summed E-state index contributed by atoms with van der Waals surface area (Å²) in [5, 5.41) is 10.7. The molecule has 0 amide bonds. The van der Waals surface area contributed by atoms with Crippen molar-refractivity contribution in [3.63, 3.8) is 0 Å². The second-order valence-corrected chi connectivity index (χ2v) is 6.51. The van der Waals surface area contributed by atoms with Gasteiger partial charge in [-0.2, -0.15) is 4.39 Å². The third-order valence-electron chi connectivity index (χ3n) is 2.95. The molecule has 0 aliphatic carbocycles. The normalized spacial score (nSPS) is 11.9. The van der Waals surface area contributed by atoms with Gasteiger partial charge in [0.2, 0.25) is 15.8 Å². The molecule has 0 unspecified atom stereocenters. The van der Waals surface area contributed by atoms with Crippen LogP contribution in [0.25, 0.3) is 0 Å². The van der Waals surface area contributed by atoms with E-state index in [0.717, 1.165) is 16.4 Å². The molecule has 1 aromatic carbocycles. The van der Waals surface area contributed by atoms with Crippen molar-refractivity contribution in [2.24, 2.45) is 0 Å². The summed E-state index contributed by atoms with van der Waals surface area (Å²) in [5.41, 5.74) is -0.735. The number of nitrogens with zero attached hydrogens (tertiary/aromatic N) is 2. The number of aryl methyl sites for hydroxylation is 1. The number of nitro groups is 1. The van der Waals surface area contributed by atoms with Crippen LogP contribution in [0.3, 0.4) is 0 Å². The molecule has 0 aliphatic rings. The quantitative estimate of drug-likeness (QED) is 0.433. The maximum Gasteiger partial charge on any atom is 0.306 e. The highest BCUT2D eigenvalue weighted by Gasteiger charge is 2.27. The molecule has 0 fully saturated rings. The van der Waals surface area contributed by atoms with Crippen molar-refractivity contribution in [3.8, 4) is 0 Å². The number of halogens is 1. The van der Waals surface area contributed by atoms with Crippen LogP contribution in [-0.2, 0) is 14.8 Å². The van der Waals surface area contributed by atoms with E-state index in [9.17, 15) is 22.9 Å². The maximum absolute atomic E-state index is 13.5. The van der Waals surface area contributed by atoms with Crippen LogP contribution in [0.15, 0.2) is 17.0 Å².